The van der Waals surface area contributed by atoms with Crippen LogP contribution in [0.4, 0.5) is 0 Å². The molecule has 1 atom stereocenters. The monoisotopic (exact) mass is 341 g/mol. The van der Waals surface area contributed by atoms with E-state index in [1.165, 1.54) is 32.1 Å². The van der Waals surface area contributed by atoms with E-state index in [-0.39, 0.29) is 17.2 Å². The van der Waals surface area contributed by atoms with Crippen LogP contribution in [-0.4, -0.2) is 43.8 Å². The standard InChI is InChI=1S/C18H23N5O2/c1-11-15(12(2)25-21-11)17(24)22-8-14(18(9-22)6-3-7-18)16-20-19-10-23(16)13-4-5-13/h10,13-14H,3-9H2,1-2H3. The fraction of sp³-hybridized carbons (Fsp3) is 0.667. The Hall–Kier alpha value is -2.18. The van der Waals surface area contributed by atoms with Gasteiger partial charge in [0.15, 0.2) is 0 Å². The molecule has 0 bridgehead atoms. The molecule has 1 amide bonds. The van der Waals surface area contributed by atoms with E-state index in [0.29, 0.717) is 29.6 Å². The van der Waals surface area contributed by atoms with Crippen molar-refractivity contribution < 1.29 is 9.32 Å². The molecule has 1 aliphatic heterocycles. The highest BCUT2D eigenvalue weighted by atomic mass is 16.5. The second kappa shape index (κ2) is 5.16. The molecule has 3 fully saturated rings. The highest BCUT2D eigenvalue weighted by Gasteiger charge is 2.54. The van der Waals surface area contributed by atoms with Gasteiger partial charge in [-0.25, -0.2) is 0 Å². The first kappa shape index (κ1) is 15.1. The summed E-state index contributed by atoms with van der Waals surface area (Å²) in [5, 5.41) is 12.6. The number of nitrogens with zero attached hydrogens (tertiary/aromatic N) is 5. The summed E-state index contributed by atoms with van der Waals surface area (Å²) in [6.07, 6.45) is 7.87. The Morgan fingerprint density at radius 2 is 2.12 bits per heavy atom. The Bertz CT molecular complexity index is 811. The van der Waals surface area contributed by atoms with Gasteiger partial charge in [-0.1, -0.05) is 11.6 Å². The van der Waals surface area contributed by atoms with E-state index >= 15 is 0 Å². The van der Waals surface area contributed by atoms with Crippen LogP contribution in [0.5, 0.6) is 0 Å². The van der Waals surface area contributed by atoms with Crippen LogP contribution in [0.25, 0.3) is 0 Å². The zero-order valence-corrected chi connectivity index (χ0v) is 14.7. The van der Waals surface area contributed by atoms with Crippen molar-refractivity contribution in [1.29, 1.82) is 0 Å². The topological polar surface area (TPSA) is 77.1 Å². The van der Waals surface area contributed by atoms with E-state index in [1.54, 1.807) is 0 Å². The Kier molecular flexibility index (Phi) is 3.12. The van der Waals surface area contributed by atoms with E-state index in [2.05, 4.69) is 19.9 Å². The van der Waals surface area contributed by atoms with E-state index in [1.807, 2.05) is 25.1 Å². The Morgan fingerprint density at radius 3 is 2.72 bits per heavy atom. The zero-order chi connectivity index (χ0) is 17.2. The van der Waals surface area contributed by atoms with Gasteiger partial charge in [-0.15, -0.1) is 10.2 Å². The van der Waals surface area contributed by atoms with Crippen molar-refractivity contribution in [3.05, 3.63) is 29.2 Å². The predicted octanol–water partition coefficient (Wildman–Crippen LogP) is 2.63. The summed E-state index contributed by atoms with van der Waals surface area (Å²) in [4.78, 5) is 15.1. The van der Waals surface area contributed by atoms with Crippen molar-refractivity contribution in [2.45, 2.75) is 57.9 Å². The minimum absolute atomic E-state index is 0.0440. The van der Waals surface area contributed by atoms with Crippen molar-refractivity contribution in [3.8, 4) is 0 Å². The van der Waals surface area contributed by atoms with Crippen molar-refractivity contribution in [2.24, 2.45) is 5.41 Å². The molecule has 2 aromatic rings. The SMILES string of the molecule is Cc1noc(C)c1C(=O)N1CC(c2nncn2C2CC2)C2(CCC2)C1. The minimum Gasteiger partial charge on any atom is -0.361 e. The maximum Gasteiger partial charge on any atom is 0.259 e. The predicted molar refractivity (Wildman–Crippen MR) is 89.2 cm³/mol. The molecular formula is C18H23N5O2. The second-order valence-corrected chi connectivity index (χ2v) is 7.98. The van der Waals surface area contributed by atoms with Crippen LogP contribution in [0.15, 0.2) is 10.9 Å². The van der Waals surface area contributed by atoms with Crippen LogP contribution < -0.4 is 0 Å². The van der Waals surface area contributed by atoms with E-state index in [9.17, 15) is 4.79 Å². The van der Waals surface area contributed by atoms with E-state index in [0.717, 1.165) is 12.4 Å². The van der Waals surface area contributed by atoms with Crippen molar-refractivity contribution in [2.75, 3.05) is 13.1 Å². The Labute approximate surface area is 146 Å². The molecule has 132 valence electrons. The highest BCUT2D eigenvalue weighted by Crippen LogP contribution is 2.56. The third-order valence-electron chi connectivity index (χ3n) is 6.38. The molecule has 7 heteroatoms. The number of likely N-dealkylation sites (tertiary alicyclic amines) is 1. The number of hydrogen-bond donors (Lipinski definition) is 0. The summed E-state index contributed by atoms with van der Waals surface area (Å²) in [5.74, 6) is 2.02. The minimum atomic E-state index is 0.0440. The molecule has 1 unspecified atom stereocenters. The number of hydrogen-bond acceptors (Lipinski definition) is 5. The van der Waals surface area contributed by atoms with Crippen molar-refractivity contribution in [1.82, 2.24) is 24.8 Å². The molecule has 2 aliphatic carbocycles. The fourth-order valence-electron chi connectivity index (χ4n) is 4.70. The van der Waals surface area contributed by atoms with Crippen LogP contribution in [0, 0.1) is 19.3 Å². The molecule has 25 heavy (non-hydrogen) atoms. The third-order valence-corrected chi connectivity index (χ3v) is 6.38. The number of carbonyl (C=O) groups excluding carboxylic acids is 1. The lowest BCUT2D eigenvalue weighted by molar-refractivity contribution is 0.0721. The molecule has 0 aromatic carbocycles. The largest absolute Gasteiger partial charge is 0.361 e. The number of aryl methyl sites for hydroxylation is 2. The van der Waals surface area contributed by atoms with Gasteiger partial charge in [0.2, 0.25) is 0 Å². The van der Waals surface area contributed by atoms with Gasteiger partial charge < -0.3 is 14.0 Å². The maximum absolute atomic E-state index is 13.1. The smallest absolute Gasteiger partial charge is 0.259 e. The summed E-state index contributed by atoms with van der Waals surface area (Å²) >= 11 is 0. The van der Waals surface area contributed by atoms with Gasteiger partial charge in [0.05, 0.1) is 5.69 Å². The number of aromatic nitrogens is 4. The van der Waals surface area contributed by atoms with Crippen LogP contribution in [-0.2, 0) is 0 Å². The third kappa shape index (κ3) is 2.17. The molecule has 5 rings (SSSR count). The first-order chi connectivity index (χ1) is 12.1. The molecule has 2 aromatic heterocycles. The molecular weight excluding hydrogens is 318 g/mol. The summed E-state index contributed by atoms with van der Waals surface area (Å²) in [5.41, 5.74) is 1.47. The van der Waals surface area contributed by atoms with Crippen molar-refractivity contribution >= 4 is 5.91 Å². The summed E-state index contributed by atoms with van der Waals surface area (Å²) in [6.45, 7) is 5.16. The lowest BCUT2D eigenvalue weighted by Gasteiger charge is -2.42. The van der Waals surface area contributed by atoms with Crippen molar-refractivity contribution in [3.63, 3.8) is 0 Å². The molecule has 7 nitrogen and oxygen atoms in total. The molecule has 3 heterocycles. The Morgan fingerprint density at radius 1 is 1.32 bits per heavy atom. The molecule has 1 spiro atoms. The van der Waals surface area contributed by atoms with Crippen LogP contribution in [0.1, 0.15) is 71.7 Å². The molecule has 0 radical (unpaired) electrons. The highest BCUT2D eigenvalue weighted by molar-refractivity contribution is 5.96. The first-order valence-corrected chi connectivity index (χ1v) is 9.21. The van der Waals surface area contributed by atoms with Gasteiger partial charge in [-0.3, -0.25) is 4.79 Å². The van der Waals surface area contributed by atoms with Crippen LogP contribution in [0.3, 0.4) is 0 Å². The second-order valence-electron chi connectivity index (χ2n) is 7.98. The first-order valence-electron chi connectivity index (χ1n) is 9.21. The lowest BCUT2D eigenvalue weighted by atomic mass is 9.62. The zero-order valence-electron chi connectivity index (χ0n) is 14.7. The summed E-state index contributed by atoms with van der Waals surface area (Å²) < 4.78 is 7.46. The van der Waals surface area contributed by atoms with Gasteiger partial charge in [-0.2, -0.15) is 0 Å². The number of amides is 1. The Balaban J connectivity index is 1.47. The normalized spacial score (nSPS) is 24.7. The number of carbonyl (C=O) groups is 1. The summed E-state index contributed by atoms with van der Waals surface area (Å²) in [6, 6.07) is 0.564. The van der Waals surface area contributed by atoms with Gasteiger partial charge in [-0.05, 0) is 44.9 Å². The number of rotatable bonds is 3. The van der Waals surface area contributed by atoms with Gasteiger partial charge in [0, 0.05) is 25.0 Å². The van der Waals surface area contributed by atoms with Crippen LogP contribution >= 0.6 is 0 Å². The van der Waals surface area contributed by atoms with Crippen LogP contribution in [0.2, 0.25) is 0 Å². The van der Waals surface area contributed by atoms with E-state index < -0.39 is 0 Å². The average Bonchev–Trinajstić information content (AvgIpc) is 3.02. The lowest BCUT2D eigenvalue weighted by Crippen LogP contribution is -2.38. The maximum atomic E-state index is 13.1. The molecule has 3 aliphatic rings. The fourth-order valence-corrected chi connectivity index (χ4v) is 4.70. The van der Waals surface area contributed by atoms with Gasteiger partial charge >= 0.3 is 0 Å². The quantitative estimate of drug-likeness (QED) is 0.858. The van der Waals surface area contributed by atoms with Gasteiger partial charge in [0.25, 0.3) is 5.91 Å². The molecule has 1 saturated heterocycles. The molecule has 0 N–H and O–H groups in total. The van der Waals surface area contributed by atoms with E-state index in [4.69, 9.17) is 4.52 Å². The summed E-state index contributed by atoms with van der Waals surface area (Å²) in [7, 11) is 0. The molecule has 2 saturated carbocycles. The average molecular weight is 341 g/mol. The van der Waals surface area contributed by atoms with Gasteiger partial charge in [0.1, 0.15) is 23.5 Å².